The second-order valence-electron chi connectivity index (χ2n) is 4.76. The highest BCUT2D eigenvalue weighted by Gasteiger charge is 2.09. The van der Waals surface area contributed by atoms with E-state index in [0.717, 1.165) is 5.39 Å². The molecule has 0 spiro atoms. The Balaban J connectivity index is 1.85. The Morgan fingerprint density at radius 2 is 2.13 bits per heavy atom. The molecule has 122 valence electrons. The van der Waals surface area contributed by atoms with Crippen LogP contribution < -0.4 is 10.1 Å². The van der Waals surface area contributed by atoms with Crippen molar-refractivity contribution < 1.29 is 19.1 Å². The first-order valence-corrected chi connectivity index (χ1v) is 7.49. The number of fused-ring (bicyclic) bond motifs is 1. The van der Waals surface area contributed by atoms with Crippen LogP contribution in [0.15, 0.2) is 30.5 Å². The number of esters is 1. The Hall–Kier alpha value is -2.34. The molecule has 1 N–H and O–H groups in total. The van der Waals surface area contributed by atoms with Crippen molar-refractivity contribution in [1.29, 1.82) is 0 Å². The van der Waals surface area contributed by atoms with E-state index in [1.54, 1.807) is 24.4 Å². The number of ether oxygens (including phenoxy) is 2. The van der Waals surface area contributed by atoms with Crippen LogP contribution in [0.1, 0.15) is 12.8 Å². The molecule has 2 rings (SSSR count). The van der Waals surface area contributed by atoms with Crippen molar-refractivity contribution in [3.8, 4) is 5.75 Å². The maximum atomic E-state index is 11.7. The third-order valence-electron chi connectivity index (χ3n) is 3.15. The van der Waals surface area contributed by atoms with Crippen LogP contribution in [-0.4, -0.2) is 37.1 Å². The average Bonchev–Trinajstić information content (AvgIpc) is 2.58. The summed E-state index contributed by atoms with van der Waals surface area (Å²) in [6.07, 6.45) is 2.42. The molecule has 1 heterocycles. The lowest BCUT2D eigenvalue weighted by molar-refractivity contribution is -0.140. The zero-order valence-electron chi connectivity index (χ0n) is 12.7. The van der Waals surface area contributed by atoms with E-state index in [1.165, 1.54) is 7.11 Å². The lowest BCUT2D eigenvalue weighted by Crippen LogP contribution is -2.30. The van der Waals surface area contributed by atoms with E-state index in [1.807, 2.05) is 6.07 Å². The molecule has 0 aliphatic carbocycles. The van der Waals surface area contributed by atoms with Crippen LogP contribution in [0.5, 0.6) is 5.75 Å². The predicted molar refractivity (Wildman–Crippen MR) is 86.5 cm³/mol. The highest BCUT2D eigenvalue weighted by molar-refractivity contribution is 6.35. The number of amides is 1. The molecule has 6 nitrogen and oxygen atoms in total. The molecule has 2 aromatic rings. The predicted octanol–water partition coefficient (Wildman–Crippen LogP) is 2.34. The molecule has 0 aliphatic heterocycles. The van der Waals surface area contributed by atoms with Gasteiger partial charge in [0.15, 0.2) is 6.61 Å². The van der Waals surface area contributed by atoms with Crippen LogP contribution in [-0.2, 0) is 14.3 Å². The summed E-state index contributed by atoms with van der Waals surface area (Å²) in [4.78, 5) is 26.9. The zero-order valence-corrected chi connectivity index (χ0v) is 13.4. The number of carbonyl (C=O) groups is 2. The van der Waals surface area contributed by atoms with Gasteiger partial charge in [0, 0.05) is 24.5 Å². The van der Waals surface area contributed by atoms with Gasteiger partial charge in [-0.25, -0.2) is 0 Å². The van der Waals surface area contributed by atoms with Crippen molar-refractivity contribution in [3.05, 3.63) is 35.5 Å². The van der Waals surface area contributed by atoms with E-state index >= 15 is 0 Å². The van der Waals surface area contributed by atoms with Crippen LogP contribution in [0.4, 0.5) is 0 Å². The van der Waals surface area contributed by atoms with E-state index in [9.17, 15) is 9.59 Å². The van der Waals surface area contributed by atoms with E-state index in [0.29, 0.717) is 29.3 Å². The lowest BCUT2D eigenvalue weighted by Gasteiger charge is -2.10. The number of halogens is 1. The van der Waals surface area contributed by atoms with Gasteiger partial charge in [-0.3, -0.25) is 14.6 Å². The van der Waals surface area contributed by atoms with E-state index in [-0.39, 0.29) is 24.9 Å². The molecule has 0 bridgehead atoms. The topological polar surface area (TPSA) is 77.5 Å². The number of hydrogen-bond acceptors (Lipinski definition) is 5. The second kappa shape index (κ2) is 8.33. The number of hydrogen-bond donors (Lipinski definition) is 1. The van der Waals surface area contributed by atoms with Crippen molar-refractivity contribution in [2.24, 2.45) is 0 Å². The van der Waals surface area contributed by atoms with Gasteiger partial charge in [-0.15, -0.1) is 0 Å². The van der Waals surface area contributed by atoms with Gasteiger partial charge in [-0.2, -0.15) is 0 Å². The molecular formula is C16H17ClN2O4. The van der Waals surface area contributed by atoms with Gasteiger partial charge < -0.3 is 14.8 Å². The minimum Gasteiger partial charge on any atom is -0.481 e. The molecule has 0 radical (unpaired) electrons. The number of aromatic nitrogens is 1. The number of nitrogens with one attached hydrogen (secondary N) is 1. The van der Waals surface area contributed by atoms with Gasteiger partial charge in [-0.1, -0.05) is 11.6 Å². The fourth-order valence-electron chi connectivity index (χ4n) is 1.99. The first-order valence-electron chi connectivity index (χ1n) is 7.11. The normalized spacial score (nSPS) is 10.3. The van der Waals surface area contributed by atoms with Gasteiger partial charge in [0.05, 0.1) is 12.1 Å². The maximum Gasteiger partial charge on any atom is 0.305 e. The van der Waals surface area contributed by atoms with Crippen LogP contribution in [0, 0.1) is 0 Å². The first kappa shape index (κ1) is 17.0. The lowest BCUT2D eigenvalue weighted by atomic mass is 10.2. The number of methoxy groups -OCH3 is 1. The minimum atomic E-state index is -0.297. The third kappa shape index (κ3) is 4.82. The number of carbonyl (C=O) groups excluding carboxylic acids is 2. The van der Waals surface area contributed by atoms with Gasteiger partial charge >= 0.3 is 5.97 Å². The summed E-state index contributed by atoms with van der Waals surface area (Å²) in [5.41, 5.74) is 0.610. The number of nitrogens with zero attached hydrogens (tertiary/aromatic N) is 1. The van der Waals surface area contributed by atoms with Crippen molar-refractivity contribution in [3.63, 3.8) is 0 Å². The van der Waals surface area contributed by atoms with Crippen molar-refractivity contribution in [2.75, 3.05) is 20.3 Å². The van der Waals surface area contributed by atoms with Crippen molar-refractivity contribution in [1.82, 2.24) is 10.3 Å². The summed E-state index contributed by atoms with van der Waals surface area (Å²) in [6.45, 7) is 0.252. The smallest absolute Gasteiger partial charge is 0.305 e. The molecule has 23 heavy (non-hydrogen) atoms. The summed E-state index contributed by atoms with van der Waals surface area (Å²) < 4.78 is 10.0. The molecule has 1 aromatic heterocycles. The molecule has 0 saturated carbocycles. The molecule has 0 aliphatic rings. The molecule has 0 fully saturated rings. The van der Waals surface area contributed by atoms with E-state index < -0.39 is 0 Å². The highest BCUT2D eigenvalue weighted by atomic mass is 35.5. The van der Waals surface area contributed by atoms with Gasteiger partial charge in [0.1, 0.15) is 11.3 Å². The minimum absolute atomic E-state index is 0.133. The van der Waals surface area contributed by atoms with Gasteiger partial charge in [0.25, 0.3) is 5.91 Å². The summed E-state index contributed by atoms with van der Waals surface area (Å²) in [5.74, 6) is -0.0715. The Bertz CT molecular complexity index is 706. The number of rotatable bonds is 7. The first-order chi connectivity index (χ1) is 11.1. The summed E-state index contributed by atoms with van der Waals surface area (Å²) in [7, 11) is 1.33. The van der Waals surface area contributed by atoms with Crippen LogP contribution >= 0.6 is 11.6 Å². The molecule has 0 saturated heterocycles. The third-order valence-corrected chi connectivity index (χ3v) is 3.48. The molecule has 0 unspecified atom stereocenters. The number of pyridine rings is 1. The molecular weight excluding hydrogens is 320 g/mol. The quantitative estimate of drug-likeness (QED) is 0.620. The van der Waals surface area contributed by atoms with E-state index in [2.05, 4.69) is 15.0 Å². The molecule has 1 amide bonds. The monoisotopic (exact) mass is 336 g/mol. The van der Waals surface area contributed by atoms with Crippen LogP contribution in [0.3, 0.4) is 0 Å². The average molecular weight is 337 g/mol. The summed E-state index contributed by atoms with van der Waals surface area (Å²) in [6, 6.07) is 7.01. The SMILES string of the molecule is COC(=O)CCCNC(=O)COc1ccc(Cl)c2cccnc12. The maximum absolute atomic E-state index is 11.7. The van der Waals surface area contributed by atoms with Crippen LogP contribution in [0.2, 0.25) is 5.02 Å². The van der Waals surface area contributed by atoms with Crippen molar-refractivity contribution >= 4 is 34.4 Å². The standard InChI is InChI=1S/C16H17ClN2O4/c1-22-15(21)5-3-8-18-14(20)10-23-13-7-6-12(17)11-4-2-9-19-16(11)13/h2,4,6-7,9H,3,5,8,10H2,1H3,(H,18,20). The molecule has 1 aromatic carbocycles. The van der Waals surface area contributed by atoms with Crippen LogP contribution in [0.25, 0.3) is 10.9 Å². The van der Waals surface area contributed by atoms with Crippen molar-refractivity contribution in [2.45, 2.75) is 12.8 Å². The zero-order chi connectivity index (χ0) is 16.7. The highest BCUT2D eigenvalue weighted by Crippen LogP contribution is 2.29. The summed E-state index contributed by atoms with van der Waals surface area (Å²) in [5, 5.41) is 4.02. The van der Waals surface area contributed by atoms with Gasteiger partial charge in [-0.05, 0) is 30.7 Å². The Labute approximate surface area is 138 Å². The Morgan fingerprint density at radius 3 is 2.91 bits per heavy atom. The fourth-order valence-corrected chi connectivity index (χ4v) is 2.20. The fraction of sp³-hybridized carbons (Fsp3) is 0.312. The van der Waals surface area contributed by atoms with Gasteiger partial charge in [0.2, 0.25) is 0 Å². The largest absolute Gasteiger partial charge is 0.481 e. The Morgan fingerprint density at radius 1 is 1.30 bits per heavy atom. The summed E-state index contributed by atoms with van der Waals surface area (Å²) >= 11 is 6.10. The van der Waals surface area contributed by atoms with E-state index in [4.69, 9.17) is 16.3 Å². The molecule has 0 atom stereocenters. The Kier molecular flexibility index (Phi) is 6.17. The number of benzene rings is 1. The molecule has 7 heteroatoms. The second-order valence-corrected chi connectivity index (χ2v) is 5.17.